The molecule has 0 aromatic heterocycles. The summed E-state index contributed by atoms with van der Waals surface area (Å²) >= 11 is 0. The number of hydrogen-bond acceptors (Lipinski definition) is 8. The normalized spacial score (nSPS) is 17.1. The van der Waals surface area contributed by atoms with Crippen molar-refractivity contribution in [2.75, 3.05) is 40.5 Å². The summed E-state index contributed by atoms with van der Waals surface area (Å²) in [5.41, 5.74) is 4.82. The van der Waals surface area contributed by atoms with E-state index in [1.165, 1.54) is 12.0 Å². The molecular weight excluding hydrogens is 532 g/mol. The molecule has 230 valence electrons. The molecule has 1 aromatic rings. The second-order valence-corrected chi connectivity index (χ2v) is 11.3. The number of amides is 4. The van der Waals surface area contributed by atoms with Gasteiger partial charge in [0.15, 0.2) is 11.5 Å². The molecule has 12 heteroatoms. The van der Waals surface area contributed by atoms with Crippen LogP contribution in [0.2, 0.25) is 0 Å². The Morgan fingerprint density at radius 3 is 2.39 bits per heavy atom. The van der Waals surface area contributed by atoms with Crippen molar-refractivity contribution in [1.29, 1.82) is 0 Å². The molecule has 1 aliphatic rings. The molecule has 41 heavy (non-hydrogen) atoms. The van der Waals surface area contributed by atoms with Gasteiger partial charge in [-0.25, -0.2) is 4.79 Å². The Balaban J connectivity index is 2.30. The van der Waals surface area contributed by atoms with Crippen LogP contribution in [0.5, 0.6) is 11.5 Å². The van der Waals surface area contributed by atoms with Gasteiger partial charge in [-0.1, -0.05) is 0 Å². The topological polar surface area (TPSA) is 150 Å². The highest BCUT2D eigenvalue weighted by molar-refractivity contribution is 5.95. The maximum absolute atomic E-state index is 13.9. The minimum Gasteiger partial charge on any atom is -0.493 e. The lowest BCUT2D eigenvalue weighted by Gasteiger charge is -2.45. The van der Waals surface area contributed by atoms with Crippen LogP contribution in [0.25, 0.3) is 0 Å². The number of benzene rings is 1. The summed E-state index contributed by atoms with van der Waals surface area (Å²) in [6, 6.07) is 4.09. The fraction of sp³-hybridized carbons (Fsp3) is 0.655. The number of carbonyl (C=O) groups is 4. The van der Waals surface area contributed by atoms with Crippen molar-refractivity contribution in [3.63, 3.8) is 0 Å². The van der Waals surface area contributed by atoms with E-state index >= 15 is 0 Å². The zero-order valence-corrected chi connectivity index (χ0v) is 25.4. The number of nitrogens with one attached hydrogen (secondary N) is 1. The molecule has 1 unspecified atom stereocenters. The van der Waals surface area contributed by atoms with Gasteiger partial charge >= 0.3 is 6.09 Å². The number of nitrogens with two attached hydrogens (primary N) is 1. The molecule has 1 aromatic carbocycles. The van der Waals surface area contributed by atoms with Crippen LogP contribution < -0.4 is 20.5 Å². The Kier molecular flexibility index (Phi) is 12.7. The van der Waals surface area contributed by atoms with Crippen molar-refractivity contribution in [2.24, 2.45) is 5.73 Å². The number of primary amides is 1. The number of rotatable bonds is 13. The van der Waals surface area contributed by atoms with Gasteiger partial charge in [-0.15, -0.1) is 0 Å². The summed E-state index contributed by atoms with van der Waals surface area (Å²) in [7, 11) is 3.16. The summed E-state index contributed by atoms with van der Waals surface area (Å²) in [6.07, 6.45) is 1.12. The van der Waals surface area contributed by atoms with Crippen LogP contribution in [0.15, 0.2) is 18.2 Å². The number of piperidine rings is 1. The molecule has 1 aliphatic heterocycles. The van der Waals surface area contributed by atoms with Crippen molar-refractivity contribution >= 4 is 23.8 Å². The highest BCUT2D eigenvalue weighted by Gasteiger charge is 2.39. The Morgan fingerprint density at radius 1 is 1.10 bits per heavy atom. The smallest absolute Gasteiger partial charge is 0.410 e. The lowest BCUT2D eigenvalue weighted by molar-refractivity contribution is -0.126. The maximum Gasteiger partial charge on any atom is 0.410 e. The van der Waals surface area contributed by atoms with Gasteiger partial charge in [0, 0.05) is 50.8 Å². The number of carbonyl (C=O) groups excluding carboxylic acids is 4. The van der Waals surface area contributed by atoms with Crippen LogP contribution in [-0.2, 0) is 19.1 Å². The fourth-order valence-corrected chi connectivity index (χ4v) is 4.74. The predicted octanol–water partition coefficient (Wildman–Crippen LogP) is 2.72. The summed E-state index contributed by atoms with van der Waals surface area (Å²) in [5, 5.41) is 2.48. The second kappa shape index (κ2) is 15.5. The van der Waals surface area contributed by atoms with Gasteiger partial charge in [0.25, 0.3) is 5.91 Å². The van der Waals surface area contributed by atoms with Crippen molar-refractivity contribution < 1.29 is 38.1 Å². The molecule has 0 spiro atoms. The third-order valence-corrected chi connectivity index (χ3v) is 6.54. The Bertz CT molecular complexity index is 1060. The van der Waals surface area contributed by atoms with Crippen LogP contribution >= 0.6 is 0 Å². The van der Waals surface area contributed by atoms with Crippen LogP contribution in [0.1, 0.15) is 70.7 Å². The highest BCUT2D eigenvalue weighted by atomic mass is 16.6. The van der Waals surface area contributed by atoms with Gasteiger partial charge in [-0.2, -0.15) is 0 Å². The fourth-order valence-electron chi connectivity index (χ4n) is 4.74. The van der Waals surface area contributed by atoms with Crippen LogP contribution in [0, 0.1) is 0 Å². The molecule has 1 saturated heterocycles. The van der Waals surface area contributed by atoms with Crippen LogP contribution in [0.4, 0.5) is 4.79 Å². The van der Waals surface area contributed by atoms with Gasteiger partial charge in [-0.3, -0.25) is 14.4 Å². The third-order valence-electron chi connectivity index (χ3n) is 6.54. The first kappa shape index (κ1) is 33.7. The van der Waals surface area contributed by atoms with Crippen molar-refractivity contribution in [3.05, 3.63) is 23.8 Å². The Morgan fingerprint density at radius 2 is 1.80 bits per heavy atom. The van der Waals surface area contributed by atoms with E-state index in [0.717, 1.165) is 0 Å². The first-order chi connectivity index (χ1) is 19.3. The van der Waals surface area contributed by atoms with Gasteiger partial charge in [0.05, 0.1) is 26.3 Å². The molecule has 0 radical (unpaired) electrons. The lowest BCUT2D eigenvalue weighted by Crippen LogP contribution is -2.58. The molecule has 2 atom stereocenters. The number of ether oxygens (including phenoxy) is 4. The minimum atomic E-state index is -0.751. The second-order valence-electron chi connectivity index (χ2n) is 11.3. The largest absolute Gasteiger partial charge is 0.493 e. The molecular formula is C29H46N4O8. The van der Waals surface area contributed by atoms with E-state index in [0.29, 0.717) is 49.5 Å². The van der Waals surface area contributed by atoms with E-state index in [4.69, 9.17) is 24.7 Å². The maximum atomic E-state index is 13.9. The standard InChI is InChI=1S/C29H46N4O8/c1-19(2)33(27(36)20-9-12-23(39-7)24(15-20)40-14-8-13-38-6)22-11-10-21(16-26(35)31-17-25(30)34)32(18-22)28(37)41-29(3,4)5/h9,12,15,19,21-22H,8,10-11,13-14,16-18H2,1-7H3,(H2,30,34)(H,31,35)/t21-,22?/m0/s1. The van der Waals surface area contributed by atoms with Gasteiger partial charge in [-0.05, 0) is 65.7 Å². The number of nitrogens with zero attached hydrogens (tertiary/aromatic N) is 2. The molecule has 4 amide bonds. The summed E-state index contributed by atoms with van der Waals surface area (Å²) < 4.78 is 22.0. The molecule has 3 N–H and O–H groups in total. The number of hydrogen-bond donors (Lipinski definition) is 2. The van der Waals surface area contributed by atoms with Crippen molar-refractivity contribution in [1.82, 2.24) is 15.1 Å². The third kappa shape index (κ3) is 10.4. The first-order valence-electron chi connectivity index (χ1n) is 13.9. The monoisotopic (exact) mass is 578 g/mol. The summed E-state index contributed by atoms with van der Waals surface area (Å²) in [5.74, 6) is -0.287. The lowest BCUT2D eigenvalue weighted by atomic mass is 9.93. The molecule has 1 fully saturated rings. The van der Waals surface area contributed by atoms with E-state index < -0.39 is 29.6 Å². The van der Waals surface area contributed by atoms with Gasteiger partial charge < -0.3 is 39.8 Å². The molecule has 12 nitrogen and oxygen atoms in total. The highest BCUT2D eigenvalue weighted by Crippen LogP contribution is 2.31. The van der Waals surface area contributed by atoms with Gasteiger partial charge in [0.2, 0.25) is 11.8 Å². The molecule has 2 rings (SSSR count). The van der Waals surface area contributed by atoms with E-state index in [1.54, 1.807) is 51.0 Å². The van der Waals surface area contributed by atoms with E-state index in [1.807, 2.05) is 13.8 Å². The molecule has 0 aliphatic carbocycles. The zero-order valence-electron chi connectivity index (χ0n) is 25.4. The average Bonchev–Trinajstić information content (AvgIpc) is 2.89. The summed E-state index contributed by atoms with van der Waals surface area (Å²) in [4.78, 5) is 54.0. The number of likely N-dealkylation sites (tertiary alicyclic amines) is 1. The quantitative estimate of drug-likeness (QED) is 0.339. The molecule has 0 bridgehead atoms. The first-order valence-corrected chi connectivity index (χ1v) is 13.9. The minimum absolute atomic E-state index is 0.0167. The van der Waals surface area contributed by atoms with Crippen molar-refractivity contribution in [2.45, 2.75) is 84.0 Å². The van der Waals surface area contributed by atoms with Crippen LogP contribution in [0.3, 0.4) is 0 Å². The SMILES string of the molecule is COCCCOc1cc(C(=O)N(C(C)C)C2CC[C@@H](CC(=O)NCC(N)=O)N(C(=O)OC(C)(C)C)C2)ccc1OC. The number of methoxy groups -OCH3 is 2. The Hall–Kier alpha value is -3.54. The Labute approximate surface area is 242 Å². The van der Waals surface area contributed by atoms with Crippen LogP contribution in [-0.4, -0.2) is 97.9 Å². The summed E-state index contributed by atoms with van der Waals surface area (Å²) in [6.45, 7) is 9.99. The average molecular weight is 579 g/mol. The van der Waals surface area contributed by atoms with E-state index in [2.05, 4.69) is 5.32 Å². The predicted molar refractivity (Wildman–Crippen MR) is 153 cm³/mol. The molecule has 1 heterocycles. The van der Waals surface area contributed by atoms with Gasteiger partial charge in [0.1, 0.15) is 5.60 Å². The molecule has 0 saturated carbocycles. The van der Waals surface area contributed by atoms with E-state index in [9.17, 15) is 19.2 Å². The van der Waals surface area contributed by atoms with Crippen molar-refractivity contribution in [3.8, 4) is 11.5 Å². The zero-order chi connectivity index (χ0) is 30.7. The van der Waals surface area contributed by atoms with E-state index in [-0.39, 0.29) is 37.5 Å².